The van der Waals surface area contributed by atoms with Crippen molar-refractivity contribution in [1.29, 1.82) is 0 Å². The Labute approximate surface area is 197 Å². The number of aryl methyl sites for hydroxylation is 2. The number of rotatable bonds is 6. The SMILES string of the molecule is Cc1cc(-c2c(F)cc(N3CCCC(C(F)(F)F)C3)cc2CNC(=O)C(C)C2CC2)cc(C)n1. The highest BCUT2D eigenvalue weighted by Gasteiger charge is 2.42. The molecule has 2 aliphatic rings. The summed E-state index contributed by atoms with van der Waals surface area (Å²) in [7, 11) is 0. The number of halogens is 4. The maximum absolute atomic E-state index is 15.6. The molecule has 1 N–H and O–H groups in total. The van der Waals surface area contributed by atoms with Crippen LogP contribution in [0.2, 0.25) is 0 Å². The first kappa shape index (κ1) is 24.5. The van der Waals surface area contributed by atoms with Crippen LogP contribution in [-0.4, -0.2) is 30.2 Å². The Morgan fingerprint density at radius 3 is 2.44 bits per heavy atom. The summed E-state index contributed by atoms with van der Waals surface area (Å²) in [4.78, 5) is 18.6. The van der Waals surface area contributed by atoms with Gasteiger partial charge in [0.15, 0.2) is 0 Å². The van der Waals surface area contributed by atoms with Gasteiger partial charge in [0.1, 0.15) is 5.82 Å². The zero-order valence-corrected chi connectivity index (χ0v) is 19.8. The second-order valence-electron chi connectivity index (χ2n) is 9.77. The Morgan fingerprint density at radius 1 is 1.15 bits per heavy atom. The summed E-state index contributed by atoms with van der Waals surface area (Å²) in [5, 5.41) is 2.93. The lowest BCUT2D eigenvalue weighted by molar-refractivity contribution is -0.176. The Hall–Kier alpha value is -2.64. The van der Waals surface area contributed by atoms with Crippen LogP contribution in [0.1, 0.15) is 49.6 Å². The second kappa shape index (κ2) is 9.55. The van der Waals surface area contributed by atoms with E-state index in [-0.39, 0.29) is 31.3 Å². The Balaban J connectivity index is 1.68. The van der Waals surface area contributed by atoms with E-state index in [0.29, 0.717) is 41.3 Å². The molecule has 2 atom stereocenters. The van der Waals surface area contributed by atoms with Crippen molar-refractivity contribution in [2.75, 3.05) is 18.0 Å². The van der Waals surface area contributed by atoms with Crippen molar-refractivity contribution in [1.82, 2.24) is 10.3 Å². The number of amides is 1. The molecule has 1 aliphatic heterocycles. The number of nitrogens with one attached hydrogen (secondary N) is 1. The Morgan fingerprint density at radius 2 is 1.82 bits per heavy atom. The van der Waals surface area contributed by atoms with E-state index < -0.39 is 17.9 Å². The van der Waals surface area contributed by atoms with E-state index in [0.717, 1.165) is 24.2 Å². The molecular formula is C26H31F4N3O. The van der Waals surface area contributed by atoms with E-state index in [2.05, 4.69) is 10.3 Å². The molecular weight excluding hydrogens is 446 g/mol. The summed E-state index contributed by atoms with van der Waals surface area (Å²) < 4.78 is 55.6. The molecule has 1 saturated carbocycles. The molecule has 1 saturated heterocycles. The minimum Gasteiger partial charge on any atom is -0.371 e. The molecule has 1 aromatic heterocycles. The van der Waals surface area contributed by atoms with Crippen molar-refractivity contribution in [3.05, 3.63) is 47.0 Å². The number of carbonyl (C=O) groups excluding carboxylic acids is 1. The number of pyridine rings is 1. The molecule has 2 aromatic rings. The highest BCUT2D eigenvalue weighted by Crippen LogP contribution is 2.38. The summed E-state index contributed by atoms with van der Waals surface area (Å²) in [6, 6.07) is 6.61. The van der Waals surface area contributed by atoms with Crippen molar-refractivity contribution in [2.24, 2.45) is 17.8 Å². The van der Waals surface area contributed by atoms with Crippen LogP contribution in [0.5, 0.6) is 0 Å². The van der Waals surface area contributed by atoms with E-state index in [1.54, 1.807) is 23.1 Å². The molecule has 1 amide bonds. The Bertz CT molecular complexity index is 1040. The number of hydrogen-bond acceptors (Lipinski definition) is 3. The van der Waals surface area contributed by atoms with E-state index >= 15 is 4.39 Å². The fourth-order valence-electron chi connectivity index (χ4n) is 4.90. The number of anilines is 1. The predicted molar refractivity (Wildman–Crippen MR) is 124 cm³/mol. The molecule has 2 heterocycles. The van der Waals surface area contributed by atoms with Gasteiger partial charge in [-0.1, -0.05) is 6.92 Å². The molecule has 184 valence electrons. The van der Waals surface area contributed by atoms with Gasteiger partial charge < -0.3 is 10.2 Å². The largest absolute Gasteiger partial charge is 0.393 e. The highest BCUT2D eigenvalue weighted by atomic mass is 19.4. The molecule has 8 heteroatoms. The molecule has 4 nitrogen and oxygen atoms in total. The first-order valence-electron chi connectivity index (χ1n) is 11.9. The van der Waals surface area contributed by atoms with Gasteiger partial charge in [-0.2, -0.15) is 13.2 Å². The highest BCUT2D eigenvalue weighted by molar-refractivity contribution is 5.80. The smallest absolute Gasteiger partial charge is 0.371 e. The number of benzene rings is 1. The minimum atomic E-state index is -4.28. The van der Waals surface area contributed by atoms with Crippen molar-refractivity contribution in [2.45, 2.75) is 59.2 Å². The topological polar surface area (TPSA) is 45.2 Å². The zero-order valence-electron chi connectivity index (χ0n) is 19.8. The molecule has 2 fully saturated rings. The lowest BCUT2D eigenvalue weighted by Gasteiger charge is -2.35. The van der Waals surface area contributed by atoms with Crippen molar-refractivity contribution < 1.29 is 22.4 Å². The van der Waals surface area contributed by atoms with Gasteiger partial charge in [-0.15, -0.1) is 0 Å². The zero-order chi connectivity index (χ0) is 24.6. The van der Waals surface area contributed by atoms with Gasteiger partial charge >= 0.3 is 6.18 Å². The van der Waals surface area contributed by atoms with Gasteiger partial charge in [-0.25, -0.2) is 4.39 Å². The van der Waals surface area contributed by atoms with Crippen molar-refractivity contribution >= 4 is 11.6 Å². The van der Waals surface area contributed by atoms with E-state index in [4.69, 9.17) is 0 Å². The van der Waals surface area contributed by atoms with Gasteiger partial charge in [-0.3, -0.25) is 9.78 Å². The number of nitrogens with zero attached hydrogens (tertiary/aromatic N) is 2. The van der Waals surface area contributed by atoms with Crippen molar-refractivity contribution in [3.8, 4) is 11.1 Å². The molecule has 1 aromatic carbocycles. The van der Waals surface area contributed by atoms with Gasteiger partial charge in [0, 0.05) is 48.2 Å². The monoisotopic (exact) mass is 477 g/mol. The van der Waals surface area contributed by atoms with Crippen LogP contribution < -0.4 is 10.2 Å². The average molecular weight is 478 g/mol. The van der Waals surface area contributed by atoms with E-state index in [1.807, 2.05) is 20.8 Å². The third-order valence-corrected chi connectivity index (χ3v) is 6.97. The fourth-order valence-corrected chi connectivity index (χ4v) is 4.90. The standard InChI is InChI=1S/C26H31F4N3O/c1-15-9-19(10-16(2)32-15)24-20(13-31-25(34)17(3)18-6-7-18)11-22(12-23(24)27)33-8-4-5-21(14-33)26(28,29)30/h9-12,17-18,21H,4-8,13-14H2,1-3H3,(H,31,34). The quantitative estimate of drug-likeness (QED) is 0.524. The summed E-state index contributed by atoms with van der Waals surface area (Å²) in [6.07, 6.45) is -1.73. The fraction of sp³-hybridized carbons (Fsp3) is 0.538. The van der Waals surface area contributed by atoms with E-state index in [1.165, 1.54) is 6.07 Å². The second-order valence-corrected chi connectivity index (χ2v) is 9.77. The summed E-state index contributed by atoms with van der Waals surface area (Å²) in [5.74, 6) is -1.76. The molecule has 4 rings (SSSR count). The van der Waals surface area contributed by atoms with Crippen LogP contribution in [0.25, 0.3) is 11.1 Å². The first-order chi connectivity index (χ1) is 16.0. The molecule has 34 heavy (non-hydrogen) atoms. The van der Waals surface area contributed by atoms with Crippen LogP contribution >= 0.6 is 0 Å². The van der Waals surface area contributed by atoms with Crippen LogP contribution in [0.15, 0.2) is 24.3 Å². The summed E-state index contributed by atoms with van der Waals surface area (Å²) in [5.41, 5.74) is 3.42. The van der Waals surface area contributed by atoms with Crippen LogP contribution in [0, 0.1) is 37.4 Å². The number of alkyl halides is 3. The summed E-state index contributed by atoms with van der Waals surface area (Å²) in [6.45, 7) is 5.89. The van der Waals surface area contributed by atoms with Crippen LogP contribution in [0.4, 0.5) is 23.2 Å². The van der Waals surface area contributed by atoms with Crippen LogP contribution in [-0.2, 0) is 11.3 Å². The van der Waals surface area contributed by atoms with Gasteiger partial charge in [-0.05, 0) is 80.8 Å². The maximum atomic E-state index is 15.6. The maximum Gasteiger partial charge on any atom is 0.393 e. The number of piperidine rings is 1. The third-order valence-electron chi connectivity index (χ3n) is 6.97. The van der Waals surface area contributed by atoms with Gasteiger partial charge in [0.25, 0.3) is 0 Å². The molecule has 0 spiro atoms. The molecule has 2 unspecified atom stereocenters. The summed E-state index contributed by atoms with van der Waals surface area (Å²) >= 11 is 0. The van der Waals surface area contributed by atoms with Crippen molar-refractivity contribution in [3.63, 3.8) is 0 Å². The average Bonchev–Trinajstić information content (AvgIpc) is 3.61. The number of aromatic nitrogens is 1. The van der Waals surface area contributed by atoms with E-state index in [9.17, 15) is 18.0 Å². The Kier molecular flexibility index (Phi) is 6.87. The van der Waals surface area contributed by atoms with Gasteiger partial charge in [0.2, 0.25) is 5.91 Å². The molecule has 1 aliphatic carbocycles. The minimum absolute atomic E-state index is 0.0815. The third kappa shape index (κ3) is 5.53. The first-order valence-corrected chi connectivity index (χ1v) is 11.9. The van der Waals surface area contributed by atoms with Gasteiger partial charge in [0.05, 0.1) is 5.92 Å². The lowest BCUT2D eigenvalue weighted by Crippen LogP contribution is -2.41. The predicted octanol–water partition coefficient (Wildman–Crippen LogP) is 5.95. The lowest BCUT2D eigenvalue weighted by atomic mass is 9.94. The van der Waals surface area contributed by atoms with Crippen LogP contribution in [0.3, 0.4) is 0 Å². The normalized spacial score (nSPS) is 19.7. The molecule has 0 bridgehead atoms. The molecule has 0 radical (unpaired) electrons. The number of hydrogen-bond donors (Lipinski definition) is 1. The number of carbonyl (C=O) groups is 1.